The van der Waals surface area contributed by atoms with Gasteiger partial charge in [0.2, 0.25) is 0 Å². The zero-order chi connectivity index (χ0) is 31.7. The topological polar surface area (TPSA) is 183 Å². The molecule has 2 aromatic carbocycles. The number of hydrogen-bond donors (Lipinski definition) is 5. The number of carbonyl (C=O) groups is 3. The number of likely N-dealkylation sites (tertiary alicyclic amines) is 1. The van der Waals surface area contributed by atoms with Crippen molar-refractivity contribution in [1.29, 1.82) is 5.26 Å². The zero-order valence-corrected chi connectivity index (χ0v) is 25.0. The second kappa shape index (κ2) is 13.0. The number of nitriles is 1. The summed E-state index contributed by atoms with van der Waals surface area (Å²) in [5.41, 5.74) is 2.30. The number of nitrogens with one attached hydrogen (secondary N) is 2. The molecular weight excluding hydrogens is 615 g/mol. The molecule has 15 heteroatoms. The summed E-state index contributed by atoms with van der Waals surface area (Å²) in [6, 6.07) is 7.15. The molecule has 0 spiro atoms. The minimum absolute atomic E-state index is 0.00298. The van der Waals surface area contributed by atoms with Crippen LogP contribution in [0.2, 0.25) is 10.0 Å². The molecule has 1 saturated heterocycles. The van der Waals surface area contributed by atoms with E-state index >= 15 is 0 Å². The number of amides is 2. The van der Waals surface area contributed by atoms with Crippen molar-refractivity contribution in [3.8, 4) is 6.19 Å². The van der Waals surface area contributed by atoms with Crippen molar-refractivity contribution in [1.82, 2.24) is 25.3 Å². The normalized spacial score (nSPS) is 19.7. The molecule has 4 atom stereocenters. The van der Waals surface area contributed by atoms with Crippen molar-refractivity contribution in [2.45, 2.75) is 37.5 Å². The van der Waals surface area contributed by atoms with Gasteiger partial charge in [-0.3, -0.25) is 24.7 Å². The van der Waals surface area contributed by atoms with Crippen LogP contribution in [0.5, 0.6) is 0 Å². The number of carboxylic acid groups (broad SMARTS) is 1. The maximum atomic E-state index is 13.3. The Morgan fingerprint density at radius 3 is 2.59 bits per heavy atom. The first-order valence-corrected chi connectivity index (χ1v) is 14.5. The predicted molar refractivity (Wildman–Crippen MR) is 159 cm³/mol. The summed E-state index contributed by atoms with van der Waals surface area (Å²) >= 11 is 13.2. The van der Waals surface area contributed by atoms with Gasteiger partial charge in [-0.15, -0.1) is 0 Å². The Morgan fingerprint density at radius 2 is 1.91 bits per heavy atom. The summed E-state index contributed by atoms with van der Waals surface area (Å²) in [5, 5.41) is 45.4. The van der Waals surface area contributed by atoms with Crippen LogP contribution in [0.4, 0.5) is 0 Å². The van der Waals surface area contributed by atoms with E-state index in [2.05, 4.69) is 10.6 Å². The average molecular weight is 646 g/mol. The second-order valence-electron chi connectivity index (χ2n) is 10.8. The lowest BCUT2D eigenvalue weighted by Crippen LogP contribution is -2.58. The molecule has 232 valence electrons. The number of aliphatic hydroxyl groups excluding tert-OH is 2. The van der Waals surface area contributed by atoms with Gasteiger partial charge in [0.15, 0.2) is 6.19 Å². The van der Waals surface area contributed by atoms with E-state index < -0.39 is 36.4 Å². The molecule has 2 amide bonds. The summed E-state index contributed by atoms with van der Waals surface area (Å²) in [6.45, 7) is 0.345. The Bertz CT molecular complexity index is 1630. The van der Waals surface area contributed by atoms with Crippen LogP contribution in [-0.4, -0.2) is 106 Å². The van der Waals surface area contributed by atoms with E-state index in [1.54, 1.807) is 34.3 Å². The quantitative estimate of drug-likeness (QED) is 0.129. The Labute approximate surface area is 262 Å². The minimum Gasteiger partial charge on any atom is -0.480 e. The van der Waals surface area contributed by atoms with Crippen LogP contribution in [0.1, 0.15) is 31.8 Å². The fraction of sp³-hybridized carbons (Fsp3) is 0.379. The van der Waals surface area contributed by atoms with Crippen LogP contribution in [0.3, 0.4) is 0 Å². The third-order valence-corrected chi connectivity index (χ3v) is 8.60. The van der Waals surface area contributed by atoms with E-state index in [9.17, 15) is 35.0 Å². The molecule has 2 aliphatic heterocycles. The number of hydrogen-bond acceptors (Lipinski definition) is 10. The first kappa shape index (κ1) is 31.5. The molecule has 13 nitrogen and oxygen atoms in total. The van der Waals surface area contributed by atoms with Gasteiger partial charge in [-0.25, -0.2) is 4.79 Å². The summed E-state index contributed by atoms with van der Waals surface area (Å²) in [6.07, 6.45) is 0.932. The first-order chi connectivity index (χ1) is 21.0. The Balaban J connectivity index is 1.29. The highest BCUT2D eigenvalue weighted by molar-refractivity contribution is 6.40. The van der Waals surface area contributed by atoms with E-state index in [1.807, 2.05) is 18.3 Å². The Morgan fingerprint density at radius 1 is 1.18 bits per heavy atom. The maximum absolute atomic E-state index is 13.3. The highest BCUT2D eigenvalue weighted by Gasteiger charge is 2.36. The fourth-order valence-corrected chi connectivity index (χ4v) is 6.29. The number of halogens is 2. The standard InChI is InChI=1S/C29H30Cl2N6O7/c1-35(14-32)29(37-12-21(38)22(39)13-37)33-10-20(28(42)43)34-26(40)24-19(30)8-17-11-36(6-4-18(17)25(24)31)27(41)16-3-2-15-5-7-44-23(15)9-16/h2-3,5,7-9,20-22,29,33,38-39H,4,6,10-13H2,1H3,(H,34,40)(H,42,43)/t20-,21+,22+,29?/m0/s1. The summed E-state index contributed by atoms with van der Waals surface area (Å²) in [7, 11) is 1.46. The molecule has 3 heterocycles. The average Bonchev–Trinajstić information content (AvgIpc) is 3.60. The molecule has 0 aliphatic carbocycles. The lowest BCUT2D eigenvalue weighted by molar-refractivity contribution is -0.139. The predicted octanol–water partition coefficient (Wildman–Crippen LogP) is 1.44. The Hall–Kier alpha value is -3.90. The number of nitrogens with zero attached hydrogens (tertiary/aromatic N) is 4. The van der Waals surface area contributed by atoms with Gasteiger partial charge in [0, 0.05) is 50.7 Å². The molecule has 1 fully saturated rings. The van der Waals surface area contributed by atoms with E-state index in [4.69, 9.17) is 27.6 Å². The minimum atomic E-state index is -1.45. The van der Waals surface area contributed by atoms with Gasteiger partial charge in [-0.1, -0.05) is 29.3 Å². The molecule has 0 radical (unpaired) electrons. The van der Waals surface area contributed by atoms with E-state index in [1.165, 1.54) is 11.9 Å². The van der Waals surface area contributed by atoms with Crippen LogP contribution in [0.15, 0.2) is 41.0 Å². The van der Waals surface area contributed by atoms with Crippen LogP contribution < -0.4 is 10.6 Å². The van der Waals surface area contributed by atoms with Crippen molar-refractivity contribution in [3.05, 3.63) is 68.9 Å². The fourth-order valence-electron chi connectivity index (χ4n) is 5.52. The molecule has 3 aromatic rings. The smallest absolute Gasteiger partial charge is 0.327 e. The molecule has 1 aromatic heterocycles. The second-order valence-corrected chi connectivity index (χ2v) is 11.6. The number of fused-ring (bicyclic) bond motifs is 2. The third-order valence-electron chi connectivity index (χ3n) is 7.89. The largest absolute Gasteiger partial charge is 0.480 e. The van der Waals surface area contributed by atoms with E-state index in [-0.39, 0.29) is 47.7 Å². The van der Waals surface area contributed by atoms with Gasteiger partial charge in [-0.05, 0) is 41.8 Å². The SMILES string of the molecule is CN(C#N)C(NC[C@H](NC(=O)c1c(Cl)cc2c(c1Cl)CCN(C(=O)c1ccc3ccoc3c1)C2)C(=O)O)N1C[C@@H](O)[C@H](O)C1. The number of furan rings is 1. The molecule has 0 bridgehead atoms. The number of carboxylic acids is 1. The van der Waals surface area contributed by atoms with Crippen LogP contribution in [0.25, 0.3) is 11.0 Å². The zero-order valence-electron chi connectivity index (χ0n) is 23.5. The van der Waals surface area contributed by atoms with Gasteiger partial charge >= 0.3 is 5.97 Å². The number of aliphatic hydroxyl groups is 2. The highest BCUT2D eigenvalue weighted by atomic mass is 35.5. The van der Waals surface area contributed by atoms with Crippen molar-refractivity contribution < 1.29 is 34.1 Å². The van der Waals surface area contributed by atoms with Crippen molar-refractivity contribution in [2.75, 3.05) is 33.2 Å². The van der Waals surface area contributed by atoms with Gasteiger partial charge in [0.05, 0.1) is 34.1 Å². The molecule has 2 aliphatic rings. The molecule has 5 N–H and O–H groups in total. The highest BCUT2D eigenvalue weighted by Crippen LogP contribution is 2.35. The molecular formula is C29H30Cl2N6O7. The van der Waals surface area contributed by atoms with Crippen LogP contribution in [0, 0.1) is 11.5 Å². The van der Waals surface area contributed by atoms with Crippen LogP contribution >= 0.6 is 23.2 Å². The number of benzene rings is 2. The third kappa shape index (κ3) is 6.32. The van der Waals surface area contributed by atoms with Crippen molar-refractivity contribution in [3.63, 3.8) is 0 Å². The lowest BCUT2D eigenvalue weighted by atomic mass is 9.96. The maximum Gasteiger partial charge on any atom is 0.327 e. The van der Waals surface area contributed by atoms with E-state index in [0.717, 1.165) is 5.39 Å². The van der Waals surface area contributed by atoms with Crippen LogP contribution in [-0.2, 0) is 17.8 Å². The van der Waals surface area contributed by atoms with E-state index in [0.29, 0.717) is 35.2 Å². The first-order valence-electron chi connectivity index (χ1n) is 13.7. The summed E-state index contributed by atoms with van der Waals surface area (Å²) in [4.78, 5) is 43.1. The number of β-amino-alcohol motifs (C(OH)–C–C–N with tert-alkyl or cyclic N) is 2. The van der Waals surface area contributed by atoms with Gasteiger partial charge in [0.1, 0.15) is 17.9 Å². The van der Waals surface area contributed by atoms with Gasteiger partial charge in [0.25, 0.3) is 11.8 Å². The number of rotatable bonds is 9. The molecule has 1 unspecified atom stereocenters. The monoisotopic (exact) mass is 644 g/mol. The number of aliphatic carboxylic acids is 1. The Kier molecular flexibility index (Phi) is 9.31. The summed E-state index contributed by atoms with van der Waals surface area (Å²) in [5.74, 6) is -2.35. The molecule has 0 saturated carbocycles. The lowest BCUT2D eigenvalue weighted by Gasteiger charge is -2.33. The van der Waals surface area contributed by atoms with Crippen molar-refractivity contribution in [2.24, 2.45) is 0 Å². The van der Waals surface area contributed by atoms with Gasteiger partial charge in [-0.2, -0.15) is 5.26 Å². The number of carbonyl (C=O) groups excluding carboxylic acids is 2. The van der Waals surface area contributed by atoms with Gasteiger partial charge < -0.3 is 30.0 Å². The molecule has 5 rings (SSSR count). The molecule has 44 heavy (non-hydrogen) atoms. The summed E-state index contributed by atoms with van der Waals surface area (Å²) < 4.78 is 5.42. The van der Waals surface area contributed by atoms with Crippen molar-refractivity contribution >= 4 is 52.0 Å².